The fraction of sp³-hybridized carbons (Fsp3) is 0. The van der Waals surface area contributed by atoms with E-state index in [1.165, 1.54) is 0 Å². The van der Waals surface area contributed by atoms with Gasteiger partial charge in [-0.25, -0.2) is 0 Å². The number of para-hydroxylation sites is 2. The number of hydrogen-bond acceptors (Lipinski definition) is 3. The lowest BCUT2D eigenvalue weighted by molar-refractivity contribution is 1.35. The van der Waals surface area contributed by atoms with E-state index < -0.39 is 0 Å². The summed E-state index contributed by atoms with van der Waals surface area (Å²) < 4.78 is 0. The van der Waals surface area contributed by atoms with Gasteiger partial charge in [-0.3, -0.25) is 5.84 Å². The first-order valence-electron chi connectivity index (χ1n) is 2.65. The van der Waals surface area contributed by atoms with Gasteiger partial charge in [0, 0.05) is 0 Å². The maximum absolute atomic E-state index is 5.49. The molecule has 0 heterocycles. The van der Waals surface area contributed by atoms with Crippen LogP contribution in [0.3, 0.4) is 0 Å². The summed E-state index contributed by atoms with van der Waals surface area (Å²) in [5.74, 6) is 5.12. The molecule has 0 aromatic heterocycles. The molecule has 1 aromatic carbocycles. The van der Waals surface area contributed by atoms with Crippen LogP contribution < -0.4 is 17.0 Å². The Balaban J connectivity index is 3.01. The van der Waals surface area contributed by atoms with Crippen LogP contribution >= 0.6 is 0 Å². The number of nitrogen functional groups attached to an aromatic ring is 2. The fourth-order valence-corrected chi connectivity index (χ4v) is 0.628. The van der Waals surface area contributed by atoms with Gasteiger partial charge in [-0.15, -0.1) is 0 Å². The molecule has 3 nitrogen and oxygen atoms in total. The Morgan fingerprint density at radius 2 is 1.89 bits per heavy atom. The summed E-state index contributed by atoms with van der Waals surface area (Å²) in [5, 5.41) is 0. The zero-order chi connectivity index (χ0) is 6.69. The number of rotatable bonds is 1. The molecule has 5 N–H and O–H groups in total. The van der Waals surface area contributed by atoms with Crippen molar-refractivity contribution in [3.05, 3.63) is 24.3 Å². The molecule has 0 spiro atoms. The zero-order valence-electron chi connectivity index (χ0n) is 4.96. The monoisotopic (exact) mass is 123 g/mol. The molecule has 0 atom stereocenters. The van der Waals surface area contributed by atoms with E-state index in [1.54, 1.807) is 6.07 Å². The van der Waals surface area contributed by atoms with Crippen LogP contribution in [0.2, 0.25) is 0 Å². The first kappa shape index (κ1) is 5.91. The second-order valence-corrected chi connectivity index (χ2v) is 1.73. The standard InChI is InChI=1S/C6H9N3/c7-5-3-1-2-4-6(5)9-8/h1-4,9H,7-8H2. The van der Waals surface area contributed by atoms with E-state index in [9.17, 15) is 0 Å². The van der Waals surface area contributed by atoms with Crippen molar-refractivity contribution in [2.45, 2.75) is 0 Å². The number of hydrazine groups is 1. The fourth-order valence-electron chi connectivity index (χ4n) is 0.628. The van der Waals surface area contributed by atoms with Crippen molar-refractivity contribution in [1.29, 1.82) is 0 Å². The van der Waals surface area contributed by atoms with Gasteiger partial charge in [0.15, 0.2) is 0 Å². The minimum Gasteiger partial charge on any atom is -0.397 e. The Kier molecular flexibility index (Phi) is 1.55. The van der Waals surface area contributed by atoms with Crippen molar-refractivity contribution < 1.29 is 0 Å². The smallest absolute Gasteiger partial charge is 0.0715 e. The molecule has 0 radical (unpaired) electrons. The van der Waals surface area contributed by atoms with E-state index in [0.717, 1.165) is 5.69 Å². The van der Waals surface area contributed by atoms with Gasteiger partial charge in [0.1, 0.15) is 0 Å². The van der Waals surface area contributed by atoms with E-state index in [2.05, 4.69) is 5.43 Å². The average molecular weight is 123 g/mol. The molecule has 0 saturated heterocycles. The first-order valence-corrected chi connectivity index (χ1v) is 2.65. The van der Waals surface area contributed by atoms with E-state index >= 15 is 0 Å². The van der Waals surface area contributed by atoms with E-state index in [4.69, 9.17) is 11.6 Å². The zero-order valence-corrected chi connectivity index (χ0v) is 4.96. The molecule has 0 aliphatic rings. The average Bonchev–Trinajstić information content (AvgIpc) is 1.89. The lowest BCUT2D eigenvalue weighted by atomic mass is 10.3. The van der Waals surface area contributed by atoms with Crippen LogP contribution in [0.15, 0.2) is 24.3 Å². The summed E-state index contributed by atoms with van der Waals surface area (Å²) in [6.45, 7) is 0. The SMILES string of the molecule is NNc1ccccc1N. The Bertz CT molecular complexity index is 197. The second kappa shape index (κ2) is 2.37. The summed E-state index contributed by atoms with van der Waals surface area (Å²) in [6, 6.07) is 7.33. The topological polar surface area (TPSA) is 64.1 Å². The van der Waals surface area contributed by atoms with Crippen LogP contribution in [0.1, 0.15) is 0 Å². The summed E-state index contributed by atoms with van der Waals surface area (Å²) in [4.78, 5) is 0. The molecule has 0 aliphatic heterocycles. The lowest BCUT2D eigenvalue weighted by Crippen LogP contribution is -2.08. The quantitative estimate of drug-likeness (QED) is 0.290. The number of hydrogen-bond donors (Lipinski definition) is 3. The maximum atomic E-state index is 5.49. The van der Waals surface area contributed by atoms with Crippen molar-refractivity contribution in [2.75, 3.05) is 11.2 Å². The van der Waals surface area contributed by atoms with Gasteiger partial charge in [-0.05, 0) is 12.1 Å². The molecule has 0 amide bonds. The molecule has 0 bridgehead atoms. The molecule has 0 unspecified atom stereocenters. The second-order valence-electron chi connectivity index (χ2n) is 1.73. The van der Waals surface area contributed by atoms with Crippen LogP contribution in [0.5, 0.6) is 0 Å². The van der Waals surface area contributed by atoms with Gasteiger partial charge in [0.05, 0.1) is 11.4 Å². The number of nitrogens with two attached hydrogens (primary N) is 2. The van der Waals surface area contributed by atoms with Crippen molar-refractivity contribution in [1.82, 2.24) is 0 Å². The van der Waals surface area contributed by atoms with E-state index in [1.807, 2.05) is 18.2 Å². The minimum absolute atomic E-state index is 0.667. The third-order valence-corrected chi connectivity index (χ3v) is 1.12. The normalized spacial score (nSPS) is 9.00. The van der Waals surface area contributed by atoms with Crippen LogP contribution in [-0.4, -0.2) is 0 Å². The highest BCUT2D eigenvalue weighted by Gasteiger charge is 1.89. The van der Waals surface area contributed by atoms with Crippen molar-refractivity contribution >= 4 is 11.4 Å². The molecule has 0 saturated carbocycles. The third-order valence-electron chi connectivity index (χ3n) is 1.12. The maximum Gasteiger partial charge on any atom is 0.0715 e. The van der Waals surface area contributed by atoms with Crippen LogP contribution in [0.25, 0.3) is 0 Å². The number of anilines is 2. The van der Waals surface area contributed by atoms with Crippen LogP contribution in [0.4, 0.5) is 11.4 Å². The molecular weight excluding hydrogens is 114 g/mol. The number of nitrogens with one attached hydrogen (secondary N) is 1. The predicted octanol–water partition coefficient (Wildman–Crippen LogP) is 0.554. The van der Waals surface area contributed by atoms with Crippen LogP contribution in [-0.2, 0) is 0 Å². The highest BCUT2D eigenvalue weighted by atomic mass is 15.2. The molecule has 1 aromatic rings. The van der Waals surface area contributed by atoms with Gasteiger partial charge in [0.25, 0.3) is 0 Å². The molecule has 1 rings (SSSR count). The predicted molar refractivity (Wildman–Crippen MR) is 38.7 cm³/mol. The summed E-state index contributed by atoms with van der Waals surface area (Å²) in [7, 11) is 0. The van der Waals surface area contributed by atoms with E-state index in [0.29, 0.717) is 5.69 Å². The highest BCUT2D eigenvalue weighted by Crippen LogP contribution is 2.13. The summed E-state index contributed by atoms with van der Waals surface area (Å²) >= 11 is 0. The largest absolute Gasteiger partial charge is 0.397 e. The summed E-state index contributed by atoms with van der Waals surface area (Å²) in [5.41, 5.74) is 9.39. The third kappa shape index (κ3) is 1.12. The Labute approximate surface area is 53.6 Å². The molecule has 48 valence electrons. The van der Waals surface area contributed by atoms with Gasteiger partial charge >= 0.3 is 0 Å². The van der Waals surface area contributed by atoms with Gasteiger partial charge in [-0.1, -0.05) is 12.1 Å². The van der Waals surface area contributed by atoms with Crippen molar-refractivity contribution in [3.63, 3.8) is 0 Å². The Morgan fingerprint density at radius 3 is 2.33 bits per heavy atom. The molecule has 0 fully saturated rings. The highest BCUT2D eigenvalue weighted by molar-refractivity contribution is 5.64. The Morgan fingerprint density at radius 1 is 1.22 bits per heavy atom. The van der Waals surface area contributed by atoms with Crippen molar-refractivity contribution in [2.24, 2.45) is 5.84 Å². The Hall–Kier alpha value is -1.22. The van der Waals surface area contributed by atoms with Crippen LogP contribution in [0, 0.1) is 0 Å². The number of benzene rings is 1. The lowest BCUT2D eigenvalue weighted by Gasteiger charge is -2.00. The van der Waals surface area contributed by atoms with Gasteiger partial charge < -0.3 is 11.2 Å². The molecule has 9 heavy (non-hydrogen) atoms. The molecule has 0 aliphatic carbocycles. The van der Waals surface area contributed by atoms with Gasteiger partial charge in [0.2, 0.25) is 0 Å². The minimum atomic E-state index is 0.667. The van der Waals surface area contributed by atoms with Crippen molar-refractivity contribution in [3.8, 4) is 0 Å². The molecular formula is C6H9N3. The van der Waals surface area contributed by atoms with E-state index in [-0.39, 0.29) is 0 Å². The van der Waals surface area contributed by atoms with Gasteiger partial charge in [-0.2, -0.15) is 0 Å². The molecule has 3 heteroatoms. The summed E-state index contributed by atoms with van der Waals surface area (Å²) in [6.07, 6.45) is 0. The first-order chi connectivity index (χ1) is 4.34.